The van der Waals surface area contributed by atoms with Gasteiger partial charge < -0.3 is 4.74 Å². The molecule has 0 radical (unpaired) electrons. The molecule has 1 aromatic carbocycles. The van der Waals surface area contributed by atoms with Gasteiger partial charge in [-0.1, -0.05) is 0 Å². The number of halogens is 1. The van der Waals surface area contributed by atoms with Gasteiger partial charge in [-0.2, -0.15) is 3.89 Å². The maximum absolute atomic E-state index is 12.4. The molecule has 1 nitrogen and oxygen atoms in total. The van der Waals surface area contributed by atoms with Crippen molar-refractivity contribution in [2.75, 3.05) is 13.4 Å². The average Bonchev–Trinajstić information content (AvgIpc) is 2.17. The molecule has 0 aliphatic heterocycles. The summed E-state index contributed by atoms with van der Waals surface area (Å²) in [6.45, 7) is 0. The van der Waals surface area contributed by atoms with Crippen molar-refractivity contribution in [3.05, 3.63) is 12.1 Å². The molecule has 1 aromatic rings. The Morgan fingerprint density at radius 1 is 1.46 bits per heavy atom. The number of thiol groups is 1. The lowest BCUT2D eigenvalue weighted by atomic mass is 10.3. The zero-order valence-corrected chi connectivity index (χ0v) is 9.73. The van der Waals surface area contributed by atoms with Crippen LogP contribution in [0.4, 0.5) is 3.89 Å². The van der Waals surface area contributed by atoms with Gasteiger partial charge in [-0.3, -0.25) is 0 Å². The second-order valence-corrected chi connectivity index (χ2v) is 4.08. The highest BCUT2D eigenvalue weighted by atomic mass is 32.2. The second-order valence-electron chi connectivity index (χ2n) is 2.22. The van der Waals surface area contributed by atoms with Crippen LogP contribution >= 0.6 is 36.5 Å². The third kappa shape index (κ3) is 2.27. The standard InChI is InChI=1S/C8H9FOS3/c1-10-5-3-4-6(13-9)8(12-2)7(5)11/h3-4,11H,1-2H3. The van der Waals surface area contributed by atoms with E-state index in [2.05, 4.69) is 12.6 Å². The first kappa shape index (κ1) is 11.1. The van der Waals surface area contributed by atoms with Crippen LogP contribution in [0, 0.1) is 0 Å². The number of hydrogen-bond acceptors (Lipinski definition) is 4. The van der Waals surface area contributed by atoms with Crippen molar-refractivity contribution in [2.24, 2.45) is 0 Å². The van der Waals surface area contributed by atoms with Crippen LogP contribution in [0.1, 0.15) is 0 Å². The van der Waals surface area contributed by atoms with Crippen LogP contribution in [-0.2, 0) is 0 Å². The second kappa shape index (κ2) is 5.02. The van der Waals surface area contributed by atoms with E-state index in [1.54, 1.807) is 19.2 Å². The largest absolute Gasteiger partial charge is 0.496 e. The van der Waals surface area contributed by atoms with Gasteiger partial charge in [-0.25, -0.2) is 0 Å². The Labute approximate surface area is 91.1 Å². The van der Waals surface area contributed by atoms with E-state index < -0.39 is 0 Å². The summed E-state index contributed by atoms with van der Waals surface area (Å²) in [5.74, 6) is 0.672. The molecule has 0 bridgehead atoms. The van der Waals surface area contributed by atoms with Gasteiger partial charge in [-0.15, -0.1) is 24.4 Å². The predicted molar refractivity (Wildman–Crippen MR) is 59.0 cm³/mol. The quantitative estimate of drug-likeness (QED) is 0.633. The summed E-state index contributed by atoms with van der Waals surface area (Å²) in [5, 5.41) is 0. The molecule has 0 fully saturated rings. The lowest BCUT2D eigenvalue weighted by Gasteiger charge is -2.09. The summed E-state index contributed by atoms with van der Waals surface area (Å²) in [7, 11) is 1.57. The Morgan fingerprint density at radius 2 is 2.15 bits per heavy atom. The van der Waals surface area contributed by atoms with Crippen LogP contribution in [0.5, 0.6) is 5.75 Å². The Morgan fingerprint density at radius 3 is 2.62 bits per heavy atom. The molecule has 0 amide bonds. The van der Waals surface area contributed by atoms with E-state index in [-0.39, 0.29) is 12.1 Å². The highest BCUT2D eigenvalue weighted by molar-refractivity contribution is 8.00. The predicted octanol–water partition coefficient (Wildman–Crippen LogP) is 3.68. The maximum Gasteiger partial charge on any atom is 0.133 e. The van der Waals surface area contributed by atoms with E-state index in [0.717, 1.165) is 4.90 Å². The van der Waals surface area contributed by atoms with Crippen molar-refractivity contribution in [3.8, 4) is 5.75 Å². The monoisotopic (exact) mass is 236 g/mol. The van der Waals surface area contributed by atoms with Crippen molar-refractivity contribution >= 4 is 36.5 Å². The van der Waals surface area contributed by atoms with Crippen molar-refractivity contribution in [3.63, 3.8) is 0 Å². The SMILES string of the molecule is COc1ccc(SF)c(SC)c1S. The number of methoxy groups -OCH3 is 1. The van der Waals surface area contributed by atoms with Gasteiger partial charge in [0.1, 0.15) is 5.75 Å². The van der Waals surface area contributed by atoms with Crippen LogP contribution in [0.3, 0.4) is 0 Å². The molecule has 1 rings (SSSR count). The zero-order chi connectivity index (χ0) is 9.84. The number of rotatable bonds is 3. The smallest absolute Gasteiger partial charge is 0.133 e. The first-order valence-corrected chi connectivity index (χ1v) is 5.86. The molecule has 0 spiro atoms. The Kier molecular flexibility index (Phi) is 4.28. The molecule has 0 saturated carbocycles. The maximum atomic E-state index is 12.4. The van der Waals surface area contributed by atoms with Crippen molar-refractivity contribution < 1.29 is 8.62 Å². The van der Waals surface area contributed by atoms with Gasteiger partial charge in [0.2, 0.25) is 0 Å². The minimum absolute atomic E-state index is 0.228. The summed E-state index contributed by atoms with van der Waals surface area (Å²) in [4.78, 5) is 2.09. The topological polar surface area (TPSA) is 9.23 Å². The fourth-order valence-electron chi connectivity index (χ4n) is 0.957. The molecule has 0 aliphatic carbocycles. The van der Waals surface area contributed by atoms with Gasteiger partial charge in [-0.05, 0) is 18.4 Å². The molecule has 0 heterocycles. The van der Waals surface area contributed by atoms with E-state index >= 15 is 0 Å². The van der Waals surface area contributed by atoms with Gasteiger partial charge in [0, 0.05) is 4.90 Å². The first-order chi connectivity index (χ1) is 6.24. The van der Waals surface area contributed by atoms with Crippen LogP contribution < -0.4 is 4.74 Å². The van der Waals surface area contributed by atoms with Crippen LogP contribution in [0.2, 0.25) is 0 Å². The van der Waals surface area contributed by atoms with Crippen LogP contribution in [-0.4, -0.2) is 13.4 Å². The summed E-state index contributed by atoms with van der Waals surface area (Å²) >= 11 is 5.96. The fraction of sp³-hybridized carbons (Fsp3) is 0.250. The van der Waals surface area contributed by atoms with E-state index in [1.807, 2.05) is 6.26 Å². The molecular formula is C8H9FOS3. The lowest BCUT2D eigenvalue weighted by molar-refractivity contribution is 0.402. The van der Waals surface area contributed by atoms with Gasteiger partial charge in [0.05, 0.1) is 29.0 Å². The summed E-state index contributed by atoms with van der Waals surface area (Å²) < 4.78 is 17.5. The molecule has 72 valence electrons. The number of hydrogen-bond donors (Lipinski definition) is 1. The molecule has 13 heavy (non-hydrogen) atoms. The van der Waals surface area contributed by atoms with Gasteiger partial charge >= 0.3 is 0 Å². The van der Waals surface area contributed by atoms with E-state index in [9.17, 15) is 3.89 Å². The zero-order valence-electron chi connectivity index (χ0n) is 7.20. The van der Waals surface area contributed by atoms with Crippen molar-refractivity contribution in [2.45, 2.75) is 14.7 Å². The Hall–Kier alpha value is -0.000000000000000111. The third-order valence-corrected chi connectivity index (χ3v) is 3.63. The highest BCUT2D eigenvalue weighted by Crippen LogP contribution is 2.39. The molecular weight excluding hydrogens is 227 g/mol. The van der Waals surface area contributed by atoms with Crippen molar-refractivity contribution in [1.29, 1.82) is 0 Å². The summed E-state index contributed by atoms with van der Waals surface area (Å²) in [6.07, 6.45) is 1.88. The Balaban J connectivity index is 3.23. The van der Waals surface area contributed by atoms with E-state index in [0.29, 0.717) is 15.5 Å². The van der Waals surface area contributed by atoms with E-state index in [1.165, 1.54) is 11.8 Å². The fourth-order valence-corrected chi connectivity index (χ4v) is 2.79. The number of benzene rings is 1. The van der Waals surface area contributed by atoms with Crippen LogP contribution in [0.15, 0.2) is 26.8 Å². The molecule has 0 aliphatic rings. The van der Waals surface area contributed by atoms with Crippen LogP contribution in [0.25, 0.3) is 0 Å². The summed E-state index contributed by atoms with van der Waals surface area (Å²) in [6, 6.07) is 3.40. The number of thioether (sulfide) groups is 1. The van der Waals surface area contributed by atoms with Gasteiger partial charge in [0.15, 0.2) is 0 Å². The van der Waals surface area contributed by atoms with Gasteiger partial charge in [0.25, 0.3) is 0 Å². The molecule has 0 aromatic heterocycles. The molecule has 0 atom stereocenters. The molecule has 0 saturated heterocycles. The first-order valence-electron chi connectivity index (χ1n) is 3.47. The highest BCUT2D eigenvalue weighted by Gasteiger charge is 2.10. The molecule has 0 N–H and O–H groups in total. The van der Waals surface area contributed by atoms with E-state index in [4.69, 9.17) is 4.74 Å². The number of ether oxygens (including phenoxy) is 1. The normalized spacial score (nSPS) is 10.2. The minimum Gasteiger partial charge on any atom is -0.496 e. The van der Waals surface area contributed by atoms with Crippen molar-refractivity contribution in [1.82, 2.24) is 0 Å². The summed E-state index contributed by atoms with van der Waals surface area (Å²) in [5.41, 5.74) is 0. The Bertz CT molecular complexity index is 304. The lowest BCUT2D eigenvalue weighted by Crippen LogP contribution is -1.87. The molecule has 5 heteroatoms. The minimum atomic E-state index is 0.228. The third-order valence-electron chi connectivity index (χ3n) is 1.57. The molecule has 0 unspecified atom stereocenters. The average molecular weight is 236 g/mol.